The van der Waals surface area contributed by atoms with Gasteiger partial charge in [-0.3, -0.25) is 4.79 Å². The molecule has 25 heavy (non-hydrogen) atoms. The van der Waals surface area contributed by atoms with E-state index < -0.39 is 10.1 Å². The molecule has 0 bridgehead atoms. The van der Waals surface area contributed by atoms with Gasteiger partial charge >= 0.3 is 10.1 Å². The van der Waals surface area contributed by atoms with Gasteiger partial charge in [-0.05, 0) is 36.4 Å². The van der Waals surface area contributed by atoms with E-state index in [9.17, 15) is 13.2 Å². The van der Waals surface area contributed by atoms with E-state index >= 15 is 0 Å². The fourth-order valence-corrected chi connectivity index (χ4v) is 3.09. The average Bonchev–Trinajstić information content (AvgIpc) is 2.62. The average molecular weight is 374 g/mol. The Bertz CT molecular complexity index is 986. The van der Waals surface area contributed by atoms with Crippen molar-refractivity contribution in [2.24, 2.45) is 0 Å². The van der Waals surface area contributed by atoms with Gasteiger partial charge in [-0.25, -0.2) is 4.98 Å². The molecule has 7 heteroatoms. The zero-order valence-electron chi connectivity index (χ0n) is 12.8. The molecule has 126 valence electrons. The van der Waals surface area contributed by atoms with Gasteiger partial charge in [-0.1, -0.05) is 41.9 Å². The second-order valence-electron chi connectivity index (χ2n) is 5.07. The van der Waals surface area contributed by atoms with Crippen LogP contribution in [0.2, 0.25) is 5.15 Å². The Morgan fingerprint density at radius 3 is 2.12 bits per heavy atom. The third kappa shape index (κ3) is 4.04. The van der Waals surface area contributed by atoms with Crippen LogP contribution in [0.3, 0.4) is 0 Å². The Morgan fingerprint density at radius 1 is 0.880 bits per heavy atom. The summed E-state index contributed by atoms with van der Waals surface area (Å²) in [5.74, 6) is -0.0588. The molecule has 0 fully saturated rings. The van der Waals surface area contributed by atoms with Crippen LogP contribution in [0.4, 0.5) is 0 Å². The SMILES string of the molecule is O=C(c1ccccc1)c1ccc(OS(=O)(=O)c2ccc(Cl)nc2)cc1. The number of carbonyl (C=O) groups excluding carboxylic acids is 1. The maximum atomic E-state index is 12.3. The predicted molar refractivity (Wildman–Crippen MR) is 93.4 cm³/mol. The van der Waals surface area contributed by atoms with E-state index in [0.29, 0.717) is 11.1 Å². The number of aromatic nitrogens is 1. The first kappa shape index (κ1) is 17.1. The zero-order valence-corrected chi connectivity index (χ0v) is 14.4. The standard InChI is InChI=1S/C18H12ClNO4S/c19-17-11-10-16(12-20-17)25(22,23)24-15-8-6-14(7-9-15)18(21)13-4-2-1-3-5-13/h1-12H. The van der Waals surface area contributed by atoms with Crippen LogP contribution in [-0.2, 0) is 10.1 Å². The lowest BCUT2D eigenvalue weighted by molar-refractivity contribution is 0.103. The first-order valence-electron chi connectivity index (χ1n) is 7.21. The molecular formula is C18H12ClNO4S. The number of pyridine rings is 1. The highest BCUT2D eigenvalue weighted by Gasteiger charge is 2.17. The van der Waals surface area contributed by atoms with Crippen molar-refractivity contribution >= 4 is 27.5 Å². The molecule has 0 unspecified atom stereocenters. The summed E-state index contributed by atoms with van der Waals surface area (Å²) in [6, 6.07) is 17.3. The van der Waals surface area contributed by atoms with Gasteiger partial charge in [0.25, 0.3) is 0 Å². The Labute approximate surface area is 150 Å². The number of halogens is 1. The summed E-state index contributed by atoms with van der Waals surface area (Å²) in [6.07, 6.45) is 1.12. The minimum absolute atomic E-state index is 0.0968. The molecule has 0 radical (unpaired) electrons. The predicted octanol–water partition coefficient (Wildman–Crippen LogP) is 3.73. The molecule has 3 aromatic rings. The van der Waals surface area contributed by atoms with E-state index in [4.69, 9.17) is 15.8 Å². The second kappa shape index (κ2) is 7.04. The van der Waals surface area contributed by atoms with Gasteiger partial charge in [0, 0.05) is 11.1 Å². The summed E-state index contributed by atoms with van der Waals surface area (Å²) < 4.78 is 29.4. The quantitative estimate of drug-likeness (QED) is 0.387. The second-order valence-corrected chi connectivity index (χ2v) is 7.01. The molecule has 1 heterocycles. The minimum Gasteiger partial charge on any atom is -0.379 e. The molecule has 0 aliphatic rings. The van der Waals surface area contributed by atoms with Crippen LogP contribution in [0, 0.1) is 0 Å². The van der Waals surface area contributed by atoms with Crippen LogP contribution in [0.5, 0.6) is 5.75 Å². The molecule has 1 aromatic heterocycles. The van der Waals surface area contributed by atoms with Crippen molar-refractivity contribution in [1.82, 2.24) is 4.98 Å². The van der Waals surface area contributed by atoms with Crippen molar-refractivity contribution < 1.29 is 17.4 Å². The first-order valence-corrected chi connectivity index (χ1v) is 9.00. The van der Waals surface area contributed by atoms with Gasteiger partial charge in [0.1, 0.15) is 15.8 Å². The van der Waals surface area contributed by atoms with E-state index in [1.165, 1.54) is 36.4 Å². The Balaban J connectivity index is 1.79. The highest BCUT2D eigenvalue weighted by Crippen LogP contribution is 2.20. The summed E-state index contributed by atoms with van der Waals surface area (Å²) in [4.78, 5) is 15.9. The summed E-state index contributed by atoms with van der Waals surface area (Å²) >= 11 is 5.64. The smallest absolute Gasteiger partial charge is 0.340 e. The number of hydrogen-bond acceptors (Lipinski definition) is 5. The Kier molecular flexibility index (Phi) is 4.83. The highest BCUT2D eigenvalue weighted by atomic mass is 35.5. The molecular weight excluding hydrogens is 362 g/mol. The van der Waals surface area contributed by atoms with Crippen molar-refractivity contribution in [3.63, 3.8) is 0 Å². The van der Waals surface area contributed by atoms with Crippen LogP contribution >= 0.6 is 11.6 Å². The summed E-state index contributed by atoms with van der Waals surface area (Å²) in [5, 5.41) is 0.183. The van der Waals surface area contributed by atoms with E-state index in [-0.39, 0.29) is 21.6 Å². The zero-order chi connectivity index (χ0) is 17.9. The van der Waals surface area contributed by atoms with E-state index in [1.54, 1.807) is 24.3 Å². The number of carbonyl (C=O) groups is 1. The monoisotopic (exact) mass is 373 g/mol. The fraction of sp³-hybridized carbons (Fsp3) is 0. The van der Waals surface area contributed by atoms with Crippen molar-refractivity contribution in [3.8, 4) is 5.75 Å². The minimum atomic E-state index is -4.02. The van der Waals surface area contributed by atoms with Crippen LogP contribution in [-0.4, -0.2) is 19.2 Å². The molecule has 0 aliphatic heterocycles. The molecule has 0 amide bonds. The molecule has 0 aliphatic carbocycles. The number of ketones is 1. The number of nitrogens with zero attached hydrogens (tertiary/aromatic N) is 1. The summed E-state index contributed by atoms with van der Waals surface area (Å²) in [5.41, 5.74) is 0.986. The topological polar surface area (TPSA) is 73.3 Å². The summed E-state index contributed by atoms with van der Waals surface area (Å²) in [7, 11) is -4.02. The van der Waals surface area contributed by atoms with Crippen molar-refractivity contribution in [1.29, 1.82) is 0 Å². The lowest BCUT2D eigenvalue weighted by atomic mass is 10.0. The molecule has 5 nitrogen and oxygen atoms in total. The number of hydrogen-bond donors (Lipinski definition) is 0. The molecule has 0 saturated heterocycles. The lowest BCUT2D eigenvalue weighted by Gasteiger charge is -2.07. The van der Waals surface area contributed by atoms with Crippen molar-refractivity contribution in [2.75, 3.05) is 0 Å². The maximum absolute atomic E-state index is 12.3. The molecule has 3 rings (SSSR count). The third-order valence-electron chi connectivity index (χ3n) is 3.35. The normalized spacial score (nSPS) is 11.1. The van der Waals surface area contributed by atoms with Gasteiger partial charge in [0.2, 0.25) is 0 Å². The lowest BCUT2D eigenvalue weighted by Crippen LogP contribution is -2.10. The third-order valence-corrected chi connectivity index (χ3v) is 4.80. The van der Waals surface area contributed by atoms with Crippen molar-refractivity contribution in [2.45, 2.75) is 4.90 Å². The maximum Gasteiger partial charge on any atom is 0.340 e. The molecule has 2 aromatic carbocycles. The summed E-state index contributed by atoms with van der Waals surface area (Å²) in [6.45, 7) is 0. The van der Waals surface area contributed by atoms with Crippen LogP contribution in [0.15, 0.2) is 77.8 Å². The van der Waals surface area contributed by atoms with Gasteiger partial charge in [-0.2, -0.15) is 8.42 Å². The van der Waals surface area contributed by atoms with E-state index in [2.05, 4.69) is 4.98 Å². The fourth-order valence-electron chi connectivity index (χ4n) is 2.10. The Morgan fingerprint density at radius 2 is 1.52 bits per heavy atom. The molecule has 0 atom stereocenters. The number of benzene rings is 2. The molecule has 0 saturated carbocycles. The van der Waals surface area contributed by atoms with Gasteiger partial charge in [-0.15, -0.1) is 0 Å². The highest BCUT2D eigenvalue weighted by molar-refractivity contribution is 7.87. The number of rotatable bonds is 5. The van der Waals surface area contributed by atoms with Crippen molar-refractivity contribution in [3.05, 3.63) is 89.2 Å². The van der Waals surface area contributed by atoms with Crippen LogP contribution in [0.1, 0.15) is 15.9 Å². The van der Waals surface area contributed by atoms with E-state index in [0.717, 1.165) is 6.20 Å². The Hall–Kier alpha value is -2.70. The van der Waals surface area contributed by atoms with Crippen LogP contribution < -0.4 is 4.18 Å². The van der Waals surface area contributed by atoms with E-state index in [1.807, 2.05) is 6.07 Å². The van der Waals surface area contributed by atoms with Gasteiger partial charge < -0.3 is 4.18 Å². The van der Waals surface area contributed by atoms with Crippen LogP contribution in [0.25, 0.3) is 0 Å². The van der Waals surface area contributed by atoms with Gasteiger partial charge in [0.05, 0.1) is 6.20 Å². The molecule has 0 N–H and O–H groups in total. The van der Waals surface area contributed by atoms with Gasteiger partial charge in [0.15, 0.2) is 5.78 Å². The largest absolute Gasteiger partial charge is 0.379 e. The molecule has 0 spiro atoms. The first-order chi connectivity index (χ1) is 12.0.